The van der Waals surface area contributed by atoms with Gasteiger partial charge in [0.2, 0.25) is 15.3 Å². The van der Waals surface area contributed by atoms with E-state index in [1.54, 1.807) is 6.92 Å². The topological polar surface area (TPSA) is 72.0 Å². The quantitative estimate of drug-likeness (QED) is 0.833. The molecule has 2 rings (SSSR count). The molecule has 0 aliphatic carbocycles. The number of aromatic nitrogens is 2. The van der Waals surface area contributed by atoms with E-state index in [1.807, 2.05) is 24.3 Å². The summed E-state index contributed by atoms with van der Waals surface area (Å²) in [7, 11) is -3.68. The van der Waals surface area contributed by atoms with E-state index >= 15 is 0 Å². The summed E-state index contributed by atoms with van der Waals surface area (Å²) < 4.78 is 27.8. The Morgan fingerprint density at radius 3 is 2.30 bits per heavy atom. The van der Waals surface area contributed by atoms with Gasteiger partial charge in [-0.3, -0.25) is 0 Å². The van der Waals surface area contributed by atoms with Gasteiger partial charge >= 0.3 is 0 Å². The summed E-state index contributed by atoms with van der Waals surface area (Å²) >= 11 is 8.87. The van der Waals surface area contributed by atoms with E-state index in [4.69, 9.17) is 11.6 Å². The normalized spacial score (nSPS) is 13.2. The van der Waals surface area contributed by atoms with Crippen LogP contribution in [0.2, 0.25) is 5.28 Å². The molecule has 0 aliphatic heterocycles. The molecule has 0 fully saturated rings. The summed E-state index contributed by atoms with van der Waals surface area (Å²) in [4.78, 5) is 7.31. The van der Waals surface area contributed by atoms with E-state index in [9.17, 15) is 8.42 Å². The van der Waals surface area contributed by atoms with Crippen LogP contribution in [0.5, 0.6) is 0 Å². The Hall–Kier alpha value is -1.02. The van der Waals surface area contributed by atoms with Gasteiger partial charge in [-0.1, -0.05) is 28.1 Å². The molecule has 2 aromatic rings. The maximum atomic E-state index is 12.2. The van der Waals surface area contributed by atoms with Crippen LogP contribution in [0.3, 0.4) is 0 Å². The summed E-state index contributed by atoms with van der Waals surface area (Å²) in [6.45, 7) is 1.76. The number of hydrogen-bond donors (Lipinski definition) is 1. The molecule has 0 aliphatic rings. The molecule has 1 unspecified atom stereocenters. The summed E-state index contributed by atoms with van der Waals surface area (Å²) in [6.07, 6.45) is 2.35. The Morgan fingerprint density at radius 1 is 1.20 bits per heavy atom. The third-order valence-electron chi connectivity index (χ3n) is 2.61. The van der Waals surface area contributed by atoms with Crippen molar-refractivity contribution in [3.05, 3.63) is 52.0 Å². The molecule has 1 atom stereocenters. The van der Waals surface area contributed by atoms with Gasteiger partial charge in [-0.05, 0) is 36.2 Å². The molecule has 0 radical (unpaired) electrons. The lowest BCUT2D eigenvalue weighted by atomic mass is 10.1. The highest BCUT2D eigenvalue weighted by atomic mass is 79.9. The van der Waals surface area contributed by atoms with E-state index in [-0.39, 0.29) is 16.2 Å². The summed E-state index contributed by atoms with van der Waals surface area (Å²) in [5.41, 5.74) is 0.853. The number of benzene rings is 1. The average Bonchev–Trinajstić information content (AvgIpc) is 2.39. The molecule has 1 heterocycles. The molecular formula is C12H11BrClN3O2S. The van der Waals surface area contributed by atoms with Crippen LogP contribution in [0.4, 0.5) is 0 Å². The van der Waals surface area contributed by atoms with Crippen molar-refractivity contribution < 1.29 is 8.42 Å². The van der Waals surface area contributed by atoms with E-state index < -0.39 is 10.0 Å². The molecule has 106 valence electrons. The van der Waals surface area contributed by atoms with Crippen molar-refractivity contribution in [1.29, 1.82) is 0 Å². The van der Waals surface area contributed by atoms with Gasteiger partial charge in [0, 0.05) is 10.5 Å². The van der Waals surface area contributed by atoms with Crippen LogP contribution in [0.15, 0.2) is 46.0 Å². The van der Waals surface area contributed by atoms with Crippen molar-refractivity contribution in [3.8, 4) is 0 Å². The fourth-order valence-electron chi connectivity index (χ4n) is 1.56. The standard InChI is InChI=1S/C12H11BrClN3O2S/c1-8(9-2-4-10(13)5-3-9)17-20(18,19)11-6-15-12(14)16-7-11/h2-8,17H,1H3. The minimum atomic E-state index is -3.68. The first kappa shape index (κ1) is 15.4. The van der Waals surface area contributed by atoms with E-state index in [1.165, 1.54) is 12.4 Å². The summed E-state index contributed by atoms with van der Waals surface area (Å²) in [6, 6.07) is 7.02. The van der Waals surface area contributed by atoms with Crippen LogP contribution in [-0.4, -0.2) is 18.4 Å². The third kappa shape index (κ3) is 3.76. The van der Waals surface area contributed by atoms with Crippen molar-refractivity contribution in [2.45, 2.75) is 17.9 Å². The lowest BCUT2D eigenvalue weighted by molar-refractivity contribution is 0.566. The highest BCUT2D eigenvalue weighted by Crippen LogP contribution is 2.19. The highest BCUT2D eigenvalue weighted by molar-refractivity contribution is 9.10. The monoisotopic (exact) mass is 375 g/mol. The summed E-state index contributed by atoms with van der Waals surface area (Å²) in [5, 5.41) is 0.00454. The fraction of sp³-hybridized carbons (Fsp3) is 0.167. The average molecular weight is 377 g/mol. The Balaban J connectivity index is 2.19. The molecule has 0 amide bonds. The fourth-order valence-corrected chi connectivity index (χ4v) is 3.04. The molecule has 5 nitrogen and oxygen atoms in total. The second-order valence-corrected chi connectivity index (χ2v) is 7.05. The second kappa shape index (κ2) is 6.17. The number of rotatable bonds is 4. The minimum absolute atomic E-state index is 0.00454. The van der Waals surface area contributed by atoms with Gasteiger partial charge in [0.05, 0.1) is 12.4 Å². The molecule has 20 heavy (non-hydrogen) atoms. The van der Waals surface area contributed by atoms with E-state index in [0.717, 1.165) is 10.0 Å². The molecule has 1 N–H and O–H groups in total. The minimum Gasteiger partial charge on any atom is -0.225 e. The van der Waals surface area contributed by atoms with Gasteiger partial charge in [0.25, 0.3) is 0 Å². The number of halogens is 2. The largest absolute Gasteiger partial charge is 0.244 e. The first-order valence-corrected chi connectivity index (χ1v) is 8.29. The first-order valence-electron chi connectivity index (χ1n) is 5.64. The number of hydrogen-bond acceptors (Lipinski definition) is 4. The maximum Gasteiger partial charge on any atom is 0.244 e. The predicted octanol–water partition coefficient (Wildman–Crippen LogP) is 2.93. The SMILES string of the molecule is CC(NS(=O)(=O)c1cnc(Cl)nc1)c1ccc(Br)cc1. The zero-order valence-electron chi connectivity index (χ0n) is 10.4. The molecule has 8 heteroatoms. The predicted molar refractivity (Wildman–Crippen MR) is 79.9 cm³/mol. The van der Waals surface area contributed by atoms with Crippen LogP contribution in [0, 0.1) is 0 Å². The maximum absolute atomic E-state index is 12.2. The van der Waals surface area contributed by atoms with E-state index in [2.05, 4.69) is 30.6 Å². The Kier molecular flexibility index (Phi) is 4.74. The number of nitrogens with one attached hydrogen (secondary N) is 1. The number of sulfonamides is 1. The van der Waals surface area contributed by atoms with Crippen molar-refractivity contribution in [2.24, 2.45) is 0 Å². The van der Waals surface area contributed by atoms with Gasteiger partial charge in [0.15, 0.2) is 0 Å². The van der Waals surface area contributed by atoms with Gasteiger partial charge in [0.1, 0.15) is 4.90 Å². The Labute approximate surface area is 130 Å². The van der Waals surface area contributed by atoms with Crippen molar-refractivity contribution in [3.63, 3.8) is 0 Å². The molecule has 0 spiro atoms. The van der Waals surface area contributed by atoms with Crippen LogP contribution in [0.25, 0.3) is 0 Å². The zero-order valence-corrected chi connectivity index (χ0v) is 13.6. The van der Waals surface area contributed by atoms with Gasteiger partial charge in [-0.15, -0.1) is 0 Å². The first-order chi connectivity index (χ1) is 9.38. The van der Waals surface area contributed by atoms with Crippen molar-refractivity contribution in [1.82, 2.24) is 14.7 Å². The van der Waals surface area contributed by atoms with Crippen LogP contribution in [-0.2, 0) is 10.0 Å². The third-order valence-corrected chi connectivity index (χ3v) is 4.83. The Bertz CT molecular complexity index is 690. The van der Waals surface area contributed by atoms with E-state index in [0.29, 0.717) is 0 Å². The smallest absolute Gasteiger partial charge is 0.225 e. The molecule has 1 aromatic carbocycles. The number of nitrogens with zero attached hydrogens (tertiary/aromatic N) is 2. The molecule has 0 bridgehead atoms. The van der Waals surface area contributed by atoms with Crippen molar-refractivity contribution in [2.75, 3.05) is 0 Å². The molecule has 1 aromatic heterocycles. The van der Waals surface area contributed by atoms with Gasteiger partial charge < -0.3 is 0 Å². The summed E-state index contributed by atoms with van der Waals surface area (Å²) in [5.74, 6) is 0. The van der Waals surface area contributed by atoms with Gasteiger partial charge in [-0.2, -0.15) is 0 Å². The van der Waals surface area contributed by atoms with Gasteiger partial charge in [-0.25, -0.2) is 23.1 Å². The lowest BCUT2D eigenvalue weighted by Gasteiger charge is -2.14. The van der Waals surface area contributed by atoms with Crippen LogP contribution >= 0.6 is 27.5 Å². The Morgan fingerprint density at radius 2 is 1.75 bits per heavy atom. The molecular weight excluding hydrogens is 366 g/mol. The lowest BCUT2D eigenvalue weighted by Crippen LogP contribution is -2.27. The van der Waals surface area contributed by atoms with Crippen LogP contribution in [0.1, 0.15) is 18.5 Å². The molecule has 0 saturated carbocycles. The second-order valence-electron chi connectivity index (χ2n) is 4.08. The molecule has 0 saturated heterocycles. The van der Waals surface area contributed by atoms with Crippen LogP contribution < -0.4 is 4.72 Å². The zero-order chi connectivity index (χ0) is 14.8. The highest BCUT2D eigenvalue weighted by Gasteiger charge is 2.19. The van der Waals surface area contributed by atoms with Crippen molar-refractivity contribution >= 4 is 37.6 Å².